The first kappa shape index (κ1) is 15.3. The molecule has 2 aromatic rings. The smallest absolute Gasteiger partial charge is 0.387 e. The second-order valence-electron chi connectivity index (χ2n) is 4.68. The van der Waals surface area contributed by atoms with Gasteiger partial charge in [0.25, 0.3) is 0 Å². The van der Waals surface area contributed by atoms with Crippen LogP contribution < -0.4 is 9.47 Å². The SMILES string of the molecule is CC(C)Oc1cc(-c2cc(CO)co2)ccc1OC(F)F. The molecular weight excluding hydrogens is 282 g/mol. The van der Waals surface area contributed by atoms with Gasteiger partial charge < -0.3 is 19.0 Å². The molecule has 0 fully saturated rings. The average Bonchev–Trinajstić information content (AvgIpc) is 2.88. The van der Waals surface area contributed by atoms with E-state index in [4.69, 9.17) is 14.3 Å². The van der Waals surface area contributed by atoms with E-state index in [1.807, 2.05) is 0 Å². The Labute approximate surface area is 120 Å². The lowest BCUT2D eigenvalue weighted by molar-refractivity contribution is -0.0518. The van der Waals surface area contributed by atoms with E-state index in [0.29, 0.717) is 16.9 Å². The molecule has 1 heterocycles. The van der Waals surface area contributed by atoms with Crippen molar-refractivity contribution < 1.29 is 27.8 Å². The fourth-order valence-corrected chi connectivity index (χ4v) is 1.81. The Morgan fingerprint density at radius 2 is 1.90 bits per heavy atom. The highest BCUT2D eigenvalue weighted by Gasteiger charge is 2.15. The van der Waals surface area contributed by atoms with Gasteiger partial charge in [0.1, 0.15) is 5.76 Å². The van der Waals surface area contributed by atoms with Crippen molar-refractivity contribution in [3.05, 3.63) is 36.1 Å². The number of halogens is 2. The van der Waals surface area contributed by atoms with Gasteiger partial charge in [-0.15, -0.1) is 0 Å². The van der Waals surface area contributed by atoms with Crippen LogP contribution >= 0.6 is 0 Å². The summed E-state index contributed by atoms with van der Waals surface area (Å²) in [7, 11) is 0. The summed E-state index contributed by atoms with van der Waals surface area (Å²) in [6.07, 6.45) is 1.24. The van der Waals surface area contributed by atoms with E-state index in [2.05, 4.69) is 4.74 Å². The van der Waals surface area contributed by atoms with Gasteiger partial charge in [0.2, 0.25) is 0 Å². The van der Waals surface area contributed by atoms with E-state index >= 15 is 0 Å². The third kappa shape index (κ3) is 3.95. The molecule has 6 heteroatoms. The normalized spacial score (nSPS) is 11.2. The molecule has 4 nitrogen and oxygen atoms in total. The third-order valence-corrected chi connectivity index (χ3v) is 2.64. The first-order valence-electron chi connectivity index (χ1n) is 6.43. The van der Waals surface area contributed by atoms with Crippen LogP contribution in [0.1, 0.15) is 19.4 Å². The molecule has 0 radical (unpaired) electrons. The van der Waals surface area contributed by atoms with Crippen molar-refractivity contribution in [1.82, 2.24) is 0 Å². The van der Waals surface area contributed by atoms with Crippen LogP contribution in [-0.2, 0) is 6.61 Å². The molecule has 0 saturated carbocycles. The number of hydrogen-bond donors (Lipinski definition) is 1. The van der Waals surface area contributed by atoms with Gasteiger partial charge in [-0.05, 0) is 38.1 Å². The predicted molar refractivity (Wildman–Crippen MR) is 72.5 cm³/mol. The summed E-state index contributed by atoms with van der Waals surface area (Å²) >= 11 is 0. The lowest BCUT2D eigenvalue weighted by Crippen LogP contribution is -2.09. The minimum atomic E-state index is -2.92. The maximum absolute atomic E-state index is 12.4. The van der Waals surface area contributed by atoms with Gasteiger partial charge in [0, 0.05) is 11.1 Å². The Kier molecular flexibility index (Phi) is 4.80. The number of furan rings is 1. The van der Waals surface area contributed by atoms with Gasteiger partial charge in [0.05, 0.1) is 19.0 Å². The van der Waals surface area contributed by atoms with E-state index in [9.17, 15) is 8.78 Å². The lowest BCUT2D eigenvalue weighted by atomic mass is 10.1. The average molecular weight is 298 g/mol. The highest BCUT2D eigenvalue weighted by Crippen LogP contribution is 2.35. The zero-order valence-corrected chi connectivity index (χ0v) is 11.7. The molecule has 1 aromatic heterocycles. The van der Waals surface area contributed by atoms with Crippen LogP contribution in [0.25, 0.3) is 11.3 Å². The number of alkyl halides is 2. The second kappa shape index (κ2) is 6.58. The molecule has 0 saturated heterocycles. The molecule has 0 bridgehead atoms. The molecular formula is C15H16F2O4. The fourth-order valence-electron chi connectivity index (χ4n) is 1.81. The number of aliphatic hydroxyl groups excluding tert-OH is 1. The van der Waals surface area contributed by atoms with Crippen molar-refractivity contribution >= 4 is 0 Å². The van der Waals surface area contributed by atoms with Crippen molar-refractivity contribution in [3.63, 3.8) is 0 Å². The van der Waals surface area contributed by atoms with E-state index < -0.39 is 6.61 Å². The molecule has 2 rings (SSSR count). The number of hydrogen-bond acceptors (Lipinski definition) is 4. The van der Waals surface area contributed by atoms with Crippen LogP contribution in [0.5, 0.6) is 11.5 Å². The summed E-state index contributed by atoms with van der Waals surface area (Å²) in [4.78, 5) is 0. The Morgan fingerprint density at radius 3 is 2.48 bits per heavy atom. The lowest BCUT2D eigenvalue weighted by Gasteiger charge is -2.15. The third-order valence-electron chi connectivity index (χ3n) is 2.64. The second-order valence-corrected chi connectivity index (χ2v) is 4.68. The van der Waals surface area contributed by atoms with Crippen LogP contribution in [0.3, 0.4) is 0 Å². The fraction of sp³-hybridized carbons (Fsp3) is 0.333. The summed E-state index contributed by atoms with van der Waals surface area (Å²) in [5, 5.41) is 9.03. The molecule has 0 aliphatic rings. The van der Waals surface area contributed by atoms with Gasteiger partial charge in [-0.1, -0.05) is 0 Å². The maximum Gasteiger partial charge on any atom is 0.387 e. The van der Waals surface area contributed by atoms with Gasteiger partial charge in [-0.3, -0.25) is 0 Å². The summed E-state index contributed by atoms with van der Waals surface area (Å²) in [6.45, 7) is 0.520. The Hall–Kier alpha value is -2.08. The van der Waals surface area contributed by atoms with E-state index in [1.165, 1.54) is 12.3 Å². The van der Waals surface area contributed by atoms with Crippen molar-refractivity contribution in [2.45, 2.75) is 33.2 Å². The summed E-state index contributed by atoms with van der Waals surface area (Å²) in [6, 6.07) is 6.23. The number of rotatable bonds is 6. The largest absolute Gasteiger partial charge is 0.487 e. The van der Waals surface area contributed by atoms with Crippen molar-refractivity contribution in [2.24, 2.45) is 0 Å². The monoisotopic (exact) mass is 298 g/mol. The van der Waals surface area contributed by atoms with Crippen molar-refractivity contribution in [3.8, 4) is 22.8 Å². The van der Waals surface area contributed by atoms with Crippen molar-refractivity contribution in [1.29, 1.82) is 0 Å². The topological polar surface area (TPSA) is 51.8 Å². The molecule has 21 heavy (non-hydrogen) atoms. The summed E-state index contributed by atoms with van der Waals surface area (Å²) < 4.78 is 40.0. The molecule has 0 aliphatic carbocycles. The Morgan fingerprint density at radius 1 is 1.14 bits per heavy atom. The standard InChI is InChI=1S/C15H16F2O4/c1-9(2)20-14-6-11(3-4-12(14)21-15(16)17)13-5-10(7-18)8-19-13/h3-6,8-9,15,18H,7H2,1-2H3. The molecule has 114 valence electrons. The highest BCUT2D eigenvalue weighted by molar-refractivity contribution is 5.63. The van der Waals surface area contributed by atoms with Gasteiger partial charge >= 0.3 is 6.61 Å². The van der Waals surface area contributed by atoms with Gasteiger partial charge in [0.15, 0.2) is 11.5 Å². The summed E-state index contributed by atoms with van der Waals surface area (Å²) in [5.74, 6) is 0.692. The van der Waals surface area contributed by atoms with Crippen LogP contribution in [-0.4, -0.2) is 17.8 Å². The van der Waals surface area contributed by atoms with Crippen LogP contribution in [0.15, 0.2) is 34.9 Å². The van der Waals surface area contributed by atoms with E-state index in [1.54, 1.807) is 32.0 Å². The van der Waals surface area contributed by atoms with Crippen LogP contribution in [0.2, 0.25) is 0 Å². The van der Waals surface area contributed by atoms with Crippen molar-refractivity contribution in [2.75, 3.05) is 0 Å². The Balaban J connectivity index is 2.35. The van der Waals surface area contributed by atoms with Crippen LogP contribution in [0.4, 0.5) is 8.78 Å². The Bertz CT molecular complexity index is 593. The molecule has 1 aromatic carbocycles. The minimum absolute atomic E-state index is 0.0311. The van der Waals surface area contributed by atoms with Crippen LogP contribution in [0, 0.1) is 0 Å². The first-order chi connectivity index (χ1) is 9.99. The molecule has 0 aliphatic heterocycles. The zero-order chi connectivity index (χ0) is 15.4. The number of benzene rings is 1. The van der Waals surface area contributed by atoms with Gasteiger partial charge in [-0.25, -0.2) is 0 Å². The maximum atomic E-state index is 12.4. The quantitative estimate of drug-likeness (QED) is 0.880. The first-order valence-corrected chi connectivity index (χ1v) is 6.43. The molecule has 0 amide bonds. The zero-order valence-electron chi connectivity index (χ0n) is 11.7. The number of aliphatic hydroxyl groups is 1. The molecule has 0 spiro atoms. The molecule has 0 atom stereocenters. The highest BCUT2D eigenvalue weighted by atomic mass is 19.3. The minimum Gasteiger partial charge on any atom is -0.487 e. The molecule has 1 N–H and O–H groups in total. The van der Waals surface area contributed by atoms with E-state index in [-0.39, 0.29) is 24.2 Å². The van der Waals surface area contributed by atoms with Gasteiger partial charge in [-0.2, -0.15) is 8.78 Å². The molecule has 0 unspecified atom stereocenters. The number of ether oxygens (including phenoxy) is 2. The van der Waals surface area contributed by atoms with E-state index in [0.717, 1.165) is 0 Å². The predicted octanol–water partition coefficient (Wildman–Crippen LogP) is 3.83. The summed E-state index contributed by atoms with van der Waals surface area (Å²) in [5.41, 5.74) is 1.27.